The Morgan fingerprint density at radius 3 is 2.77 bits per heavy atom. The zero-order chi connectivity index (χ0) is 26.6. The lowest BCUT2D eigenvalue weighted by Crippen LogP contribution is -2.09. The number of fused-ring (bicyclic) bond motifs is 2. The van der Waals surface area contributed by atoms with Crippen LogP contribution in [-0.2, 0) is 19.4 Å². The van der Waals surface area contributed by atoms with E-state index >= 15 is 0 Å². The molecule has 1 N–H and O–H groups in total. The van der Waals surface area contributed by atoms with Crippen LogP contribution in [0.1, 0.15) is 35.4 Å². The summed E-state index contributed by atoms with van der Waals surface area (Å²) in [4.78, 5) is 15.5. The van der Waals surface area contributed by atoms with E-state index in [1.807, 2.05) is 42.5 Å². The fraction of sp³-hybridized carbons (Fsp3) is 0.172. The molecule has 2 heterocycles. The molecule has 2 aromatic heterocycles. The molecule has 39 heavy (non-hydrogen) atoms. The average Bonchev–Trinajstić information content (AvgIpc) is 3.46. The number of nitro groups is 1. The summed E-state index contributed by atoms with van der Waals surface area (Å²) in [6.07, 6.45) is 7.83. The number of ether oxygens (including phenoxy) is 1. The van der Waals surface area contributed by atoms with Crippen LogP contribution < -0.4 is 10.2 Å². The van der Waals surface area contributed by atoms with Crippen LogP contribution in [0.2, 0.25) is 0 Å². The van der Waals surface area contributed by atoms with Crippen LogP contribution in [-0.4, -0.2) is 31.1 Å². The van der Waals surface area contributed by atoms with Crippen LogP contribution >= 0.6 is 0 Å². The maximum absolute atomic E-state index is 11.0. The Hall–Kier alpha value is -5.12. The number of rotatable bonds is 8. The van der Waals surface area contributed by atoms with E-state index in [1.165, 1.54) is 34.5 Å². The summed E-state index contributed by atoms with van der Waals surface area (Å²) in [5.74, 6) is 0.680. The summed E-state index contributed by atoms with van der Waals surface area (Å²) < 4.78 is 7.34. The summed E-state index contributed by atoms with van der Waals surface area (Å²) in [6.45, 7) is 0.212. The van der Waals surface area contributed by atoms with E-state index in [1.54, 1.807) is 24.5 Å². The normalized spacial score (nSPS) is 12.9. The number of aromatic nitrogens is 4. The predicted molar refractivity (Wildman–Crippen MR) is 148 cm³/mol. The first kappa shape index (κ1) is 24.2. The van der Waals surface area contributed by atoms with Gasteiger partial charge in [-0.2, -0.15) is 5.10 Å². The first-order valence-electron chi connectivity index (χ1n) is 12.7. The number of nitrogens with zero attached hydrogens (tertiary/aromatic N) is 6. The lowest BCUT2D eigenvalue weighted by Gasteiger charge is -2.20. The molecule has 0 amide bonds. The molecule has 0 radical (unpaired) electrons. The maximum atomic E-state index is 11.0. The van der Waals surface area contributed by atoms with Gasteiger partial charge in [0.05, 0.1) is 34.2 Å². The van der Waals surface area contributed by atoms with Crippen molar-refractivity contribution >= 4 is 28.5 Å². The van der Waals surface area contributed by atoms with Crippen LogP contribution in [0.3, 0.4) is 0 Å². The topological polar surface area (TPSA) is 120 Å². The van der Waals surface area contributed by atoms with Crippen LogP contribution in [0.5, 0.6) is 5.75 Å². The lowest BCUT2D eigenvalue weighted by atomic mass is 9.93. The number of pyridine rings is 1. The molecule has 10 heteroatoms. The molecule has 6 rings (SSSR count). The van der Waals surface area contributed by atoms with E-state index < -0.39 is 4.92 Å². The molecule has 0 unspecified atom stereocenters. The smallest absolute Gasteiger partial charge is 0.271 e. The zero-order valence-electron chi connectivity index (χ0n) is 21.0. The van der Waals surface area contributed by atoms with Crippen LogP contribution in [0.4, 0.5) is 11.4 Å². The maximum Gasteiger partial charge on any atom is 0.271 e. The Kier molecular flexibility index (Phi) is 6.65. The molecule has 0 saturated carbocycles. The van der Waals surface area contributed by atoms with Gasteiger partial charge < -0.3 is 4.74 Å². The Morgan fingerprint density at radius 2 is 1.90 bits per heavy atom. The first-order valence-corrected chi connectivity index (χ1v) is 12.7. The number of para-hydroxylation sites is 1. The molecule has 0 saturated heterocycles. The molecule has 0 atom stereocenters. The van der Waals surface area contributed by atoms with Gasteiger partial charge >= 0.3 is 0 Å². The van der Waals surface area contributed by atoms with Crippen molar-refractivity contribution in [2.24, 2.45) is 5.10 Å². The fourth-order valence-corrected chi connectivity index (χ4v) is 4.72. The predicted octanol–water partition coefficient (Wildman–Crippen LogP) is 5.63. The van der Waals surface area contributed by atoms with Gasteiger partial charge in [0, 0.05) is 23.2 Å². The summed E-state index contributed by atoms with van der Waals surface area (Å²) in [5.41, 5.74) is 9.85. The first-order chi connectivity index (χ1) is 19.1. The quantitative estimate of drug-likeness (QED) is 0.160. The van der Waals surface area contributed by atoms with Gasteiger partial charge in [-0.25, -0.2) is 4.68 Å². The molecule has 0 aliphatic heterocycles. The minimum atomic E-state index is -0.441. The van der Waals surface area contributed by atoms with Crippen molar-refractivity contribution < 1.29 is 9.66 Å². The van der Waals surface area contributed by atoms with E-state index in [2.05, 4.69) is 26.9 Å². The zero-order valence-corrected chi connectivity index (χ0v) is 21.0. The number of aryl methyl sites for hydroxylation is 1. The second-order valence-electron chi connectivity index (χ2n) is 9.30. The largest absolute Gasteiger partial charge is 0.487 e. The van der Waals surface area contributed by atoms with E-state index in [0.717, 1.165) is 41.4 Å². The second-order valence-corrected chi connectivity index (χ2v) is 9.30. The molecule has 5 aromatic rings. The molecule has 0 spiro atoms. The highest BCUT2D eigenvalue weighted by atomic mass is 16.6. The highest BCUT2D eigenvalue weighted by Crippen LogP contribution is 2.33. The van der Waals surface area contributed by atoms with Gasteiger partial charge in [-0.3, -0.25) is 20.5 Å². The molecule has 1 aliphatic rings. The number of hydrogen-bond acceptors (Lipinski definition) is 8. The third kappa shape index (κ3) is 5.30. The van der Waals surface area contributed by atoms with Gasteiger partial charge in [-0.15, -0.1) is 5.10 Å². The van der Waals surface area contributed by atoms with Crippen LogP contribution in [0.15, 0.2) is 84.1 Å². The van der Waals surface area contributed by atoms with Crippen molar-refractivity contribution in [2.45, 2.75) is 32.3 Å². The van der Waals surface area contributed by atoms with Crippen molar-refractivity contribution in [3.63, 3.8) is 0 Å². The third-order valence-electron chi connectivity index (χ3n) is 6.67. The molecule has 1 aliphatic carbocycles. The summed E-state index contributed by atoms with van der Waals surface area (Å²) in [6, 6.07) is 22.0. The Balaban J connectivity index is 1.10. The number of nitrogens with one attached hydrogen (secondary N) is 1. The van der Waals surface area contributed by atoms with Crippen molar-refractivity contribution in [2.75, 3.05) is 5.43 Å². The van der Waals surface area contributed by atoms with Gasteiger partial charge in [-0.05, 0) is 73.2 Å². The minimum absolute atomic E-state index is 0.00637. The van der Waals surface area contributed by atoms with Gasteiger partial charge in [0.1, 0.15) is 18.1 Å². The van der Waals surface area contributed by atoms with Crippen molar-refractivity contribution in [1.29, 1.82) is 0 Å². The van der Waals surface area contributed by atoms with Gasteiger partial charge in [0.25, 0.3) is 5.69 Å². The molecule has 0 fully saturated rings. The molecular weight excluding hydrogens is 494 g/mol. The van der Waals surface area contributed by atoms with E-state index in [9.17, 15) is 10.1 Å². The van der Waals surface area contributed by atoms with Gasteiger partial charge in [0.15, 0.2) is 0 Å². The summed E-state index contributed by atoms with van der Waals surface area (Å²) in [7, 11) is 0. The molecule has 0 bridgehead atoms. The van der Waals surface area contributed by atoms with Crippen molar-refractivity contribution in [1.82, 2.24) is 20.0 Å². The minimum Gasteiger partial charge on any atom is -0.487 e. The summed E-state index contributed by atoms with van der Waals surface area (Å²) >= 11 is 0. The summed E-state index contributed by atoms with van der Waals surface area (Å²) in [5, 5.41) is 24.8. The van der Waals surface area contributed by atoms with Crippen LogP contribution in [0.25, 0.3) is 16.6 Å². The van der Waals surface area contributed by atoms with E-state index in [0.29, 0.717) is 17.1 Å². The Morgan fingerprint density at radius 1 is 1.05 bits per heavy atom. The number of benzene rings is 3. The lowest BCUT2D eigenvalue weighted by molar-refractivity contribution is -0.384. The highest BCUT2D eigenvalue weighted by Gasteiger charge is 2.17. The molecular formula is C29H25N7O3. The third-order valence-corrected chi connectivity index (χ3v) is 6.67. The standard InChI is InChI=1S/C29H25N7O3/c37-36(38)23-7-5-6-22(16-23)35-18-21(32-34-35)19-39-24-14-12-20(13-15-24)17-30-33-29-25-8-1-3-10-27(25)31-28-11-4-2-9-26(28)29/h1,3,5-8,10,12-18H,2,4,9,11,19H2,(H,31,33). The number of nitro benzene ring substituents is 1. The van der Waals surface area contributed by atoms with Gasteiger partial charge in [-0.1, -0.05) is 29.5 Å². The second kappa shape index (κ2) is 10.7. The molecule has 10 nitrogen and oxygen atoms in total. The Labute approximate surface area is 224 Å². The highest BCUT2D eigenvalue weighted by molar-refractivity contribution is 5.94. The number of hydrogen-bond donors (Lipinski definition) is 1. The van der Waals surface area contributed by atoms with Crippen molar-refractivity contribution in [3.05, 3.63) is 112 Å². The fourth-order valence-electron chi connectivity index (χ4n) is 4.72. The van der Waals surface area contributed by atoms with Crippen molar-refractivity contribution in [3.8, 4) is 11.4 Å². The van der Waals surface area contributed by atoms with Crippen LogP contribution in [0, 0.1) is 10.1 Å². The monoisotopic (exact) mass is 519 g/mol. The molecule has 194 valence electrons. The SMILES string of the molecule is O=[N+]([O-])c1cccc(-n2cc(COc3ccc(C=NNc4c5c(nc6ccccc46)CCCC5)cc3)nn2)c1. The van der Waals surface area contributed by atoms with E-state index in [-0.39, 0.29) is 12.3 Å². The Bertz CT molecular complexity index is 1680. The number of anilines is 1. The average molecular weight is 520 g/mol. The van der Waals surface area contributed by atoms with Gasteiger partial charge in [0.2, 0.25) is 0 Å². The van der Waals surface area contributed by atoms with E-state index in [4.69, 9.17) is 9.72 Å². The number of non-ortho nitro benzene ring substituents is 1. The number of hydrazone groups is 1. The molecule has 3 aromatic carbocycles.